The van der Waals surface area contributed by atoms with Gasteiger partial charge in [0.15, 0.2) is 11.5 Å². The maximum Gasteiger partial charge on any atom is 0.165 e. The van der Waals surface area contributed by atoms with Gasteiger partial charge >= 0.3 is 0 Å². The van der Waals surface area contributed by atoms with E-state index in [0.717, 1.165) is 28.2 Å². The molecule has 3 aromatic carbocycles. The molecule has 0 N–H and O–H groups in total. The maximum atomic E-state index is 14.5. The molecule has 4 nitrogen and oxygen atoms in total. The van der Waals surface area contributed by atoms with Crippen molar-refractivity contribution in [2.45, 2.75) is 20.0 Å². The molecule has 0 unspecified atom stereocenters. The predicted octanol–water partition coefficient (Wildman–Crippen LogP) is 5.21. The van der Waals surface area contributed by atoms with Crippen LogP contribution in [0.5, 0.6) is 17.2 Å². The van der Waals surface area contributed by atoms with Crippen LogP contribution >= 0.6 is 0 Å². The molecule has 0 atom stereocenters. The lowest BCUT2D eigenvalue weighted by Gasteiger charge is -2.20. The highest BCUT2D eigenvalue weighted by molar-refractivity contribution is 5.72. The van der Waals surface area contributed by atoms with E-state index < -0.39 is 0 Å². The number of methoxy groups -OCH3 is 2. The Labute approximate surface area is 176 Å². The van der Waals surface area contributed by atoms with E-state index in [1.165, 1.54) is 18.7 Å². The zero-order valence-electron chi connectivity index (χ0n) is 17.6. The second kappa shape index (κ2) is 8.76. The Morgan fingerprint density at radius 3 is 2.60 bits per heavy atom. The third-order valence-corrected chi connectivity index (χ3v) is 5.51. The molecule has 1 aliphatic heterocycles. The monoisotopic (exact) mass is 407 g/mol. The first kappa shape index (κ1) is 20.2. The molecule has 5 heteroatoms. The van der Waals surface area contributed by atoms with Crippen molar-refractivity contribution in [1.82, 2.24) is 4.90 Å². The van der Waals surface area contributed by atoms with E-state index in [1.54, 1.807) is 19.2 Å². The SMILES string of the molecule is COc1ccc(CN2CCOc3c(cc(-c4ccccc4C)cc3OC)C2)c(F)c1. The second-order valence-electron chi connectivity index (χ2n) is 7.50. The van der Waals surface area contributed by atoms with Gasteiger partial charge in [-0.3, -0.25) is 4.90 Å². The minimum absolute atomic E-state index is 0.258. The predicted molar refractivity (Wildman–Crippen MR) is 116 cm³/mol. The fourth-order valence-electron chi connectivity index (χ4n) is 3.90. The number of rotatable bonds is 5. The van der Waals surface area contributed by atoms with Crippen LogP contribution in [-0.2, 0) is 13.1 Å². The molecule has 1 aliphatic rings. The molecule has 4 rings (SSSR count). The Bertz CT molecular complexity index is 1050. The number of ether oxygens (including phenoxy) is 3. The standard InChI is InChI=1S/C25H26FNO3/c1-17-6-4-5-7-22(17)19-12-20-16-27(10-11-30-25(20)24(13-19)29-3)15-18-8-9-21(28-2)14-23(18)26/h4-9,12-14H,10-11,15-16H2,1-3H3. The molecule has 30 heavy (non-hydrogen) atoms. The summed E-state index contributed by atoms with van der Waals surface area (Å²) in [6.45, 7) is 4.46. The molecule has 156 valence electrons. The van der Waals surface area contributed by atoms with Crippen molar-refractivity contribution in [3.63, 3.8) is 0 Å². The van der Waals surface area contributed by atoms with Crippen LogP contribution in [0.2, 0.25) is 0 Å². The fourth-order valence-corrected chi connectivity index (χ4v) is 3.90. The summed E-state index contributed by atoms with van der Waals surface area (Å²) in [5.74, 6) is 1.76. The van der Waals surface area contributed by atoms with Crippen molar-refractivity contribution < 1.29 is 18.6 Å². The minimum Gasteiger partial charge on any atom is -0.497 e. The molecule has 0 radical (unpaired) electrons. The zero-order valence-corrected chi connectivity index (χ0v) is 17.6. The fraction of sp³-hybridized carbons (Fsp3) is 0.280. The molecule has 0 aliphatic carbocycles. The summed E-state index contributed by atoms with van der Waals surface area (Å²) in [6.07, 6.45) is 0. The van der Waals surface area contributed by atoms with Crippen LogP contribution < -0.4 is 14.2 Å². The summed E-state index contributed by atoms with van der Waals surface area (Å²) in [4.78, 5) is 2.19. The van der Waals surface area contributed by atoms with Crippen molar-refractivity contribution in [2.24, 2.45) is 0 Å². The van der Waals surface area contributed by atoms with E-state index in [-0.39, 0.29) is 5.82 Å². The molecular weight excluding hydrogens is 381 g/mol. The number of halogens is 1. The van der Waals surface area contributed by atoms with Gasteiger partial charge in [0.1, 0.15) is 18.2 Å². The highest BCUT2D eigenvalue weighted by atomic mass is 19.1. The van der Waals surface area contributed by atoms with Crippen LogP contribution in [0.4, 0.5) is 4.39 Å². The number of aryl methyl sites for hydroxylation is 1. The van der Waals surface area contributed by atoms with Crippen LogP contribution in [0.3, 0.4) is 0 Å². The van der Waals surface area contributed by atoms with Gasteiger partial charge in [0.25, 0.3) is 0 Å². The second-order valence-corrected chi connectivity index (χ2v) is 7.50. The maximum absolute atomic E-state index is 14.5. The van der Waals surface area contributed by atoms with E-state index in [2.05, 4.69) is 30.0 Å². The van der Waals surface area contributed by atoms with Gasteiger partial charge in [-0.05, 0) is 41.8 Å². The largest absolute Gasteiger partial charge is 0.497 e. The topological polar surface area (TPSA) is 30.9 Å². The van der Waals surface area contributed by atoms with Gasteiger partial charge in [0, 0.05) is 36.8 Å². The smallest absolute Gasteiger partial charge is 0.165 e. The van der Waals surface area contributed by atoms with Gasteiger partial charge in [-0.15, -0.1) is 0 Å². The van der Waals surface area contributed by atoms with Gasteiger partial charge in [0.05, 0.1) is 14.2 Å². The quantitative estimate of drug-likeness (QED) is 0.581. The Morgan fingerprint density at radius 1 is 1.03 bits per heavy atom. The van der Waals surface area contributed by atoms with E-state index in [9.17, 15) is 4.39 Å². The Hall–Kier alpha value is -3.05. The van der Waals surface area contributed by atoms with Gasteiger partial charge in [-0.2, -0.15) is 0 Å². The molecule has 0 saturated heterocycles. The van der Waals surface area contributed by atoms with E-state index in [1.807, 2.05) is 18.2 Å². The first-order valence-corrected chi connectivity index (χ1v) is 10.0. The normalized spacial score (nSPS) is 13.9. The molecule has 0 aromatic heterocycles. The summed E-state index contributed by atoms with van der Waals surface area (Å²) in [5.41, 5.74) is 5.13. The number of nitrogens with zero attached hydrogens (tertiary/aromatic N) is 1. The van der Waals surface area contributed by atoms with Gasteiger partial charge in [-0.1, -0.05) is 30.3 Å². The van der Waals surface area contributed by atoms with Crippen molar-refractivity contribution in [3.8, 4) is 28.4 Å². The minimum atomic E-state index is -0.258. The third-order valence-electron chi connectivity index (χ3n) is 5.51. The highest BCUT2D eigenvalue weighted by Gasteiger charge is 2.22. The summed E-state index contributed by atoms with van der Waals surface area (Å²) in [6, 6.07) is 17.5. The van der Waals surface area contributed by atoms with Crippen molar-refractivity contribution in [3.05, 3.63) is 77.1 Å². The van der Waals surface area contributed by atoms with E-state index >= 15 is 0 Å². The molecule has 1 heterocycles. The van der Waals surface area contributed by atoms with Crippen molar-refractivity contribution >= 4 is 0 Å². The van der Waals surface area contributed by atoms with Crippen molar-refractivity contribution in [2.75, 3.05) is 27.4 Å². The van der Waals surface area contributed by atoms with Gasteiger partial charge in [-0.25, -0.2) is 4.39 Å². The van der Waals surface area contributed by atoms with Gasteiger partial charge in [0.2, 0.25) is 0 Å². The molecule has 0 amide bonds. The molecular formula is C25H26FNO3. The summed E-state index contributed by atoms with van der Waals surface area (Å²) in [7, 11) is 3.20. The Balaban J connectivity index is 1.66. The Morgan fingerprint density at radius 2 is 1.87 bits per heavy atom. The van der Waals surface area contributed by atoms with E-state index in [0.29, 0.717) is 37.6 Å². The van der Waals surface area contributed by atoms with Crippen LogP contribution in [0, 0.1) is 12.7 Å². The van der Waals surface area contributed by atoms with Crippen LogP contribution in [-0.4, -0.2) is 32.3 Å². The lowest BCUT2D eigenvalue weighted by molar-refractivity contribution is 0.215. The average Bonchev–Trinajstić information content (AvgIpc) is 2.96. The number of benzene rings is 3. The lowest BCUT2D eigenvalue weighted by atomic mass is 9.97. The highest BCUT2D eigenvalue weighted by Crippen LogP contribution is 2.39. The first-order chi connectivity index (χ1) is 14.6. The Kier molecular flexibility index (Phi) is 5.91. The third kappa shape index (κ3) is 4.12. The average molecular weight is 407 g/mol. The zero-order chi connectivity index (χ0) is 21.1. The summed E-state index contributed by atoms with van der Waals surface area (Å²) < 4.78 is 31.3. The summed E-state index contributed by atoms with van der Waals surface area (Å²) >= 11 is 0. The number of fused-ring (bicyclic) bond motifs is 1. The molecule has 0 fully saturated rings. The summed E-state index contributed by atoms with van der Waals surface area (Å²) in [5, 5.41) is 0. The lowest BCUT2D eigenvalue weighted by Crippen LogP contribution is -2.25. The molecule has 0 bridgehead atoms. The van der Waals surface area contributed by atoms with Crippen LogP contribution in [0.25, 0.3) is 11.1 Å². The van der Waals surface area contributed by atoms with Crippen molar-refractivity contribution in [1.29, 1.82) is 0 Å². The number of hydrogen-bond donors (Lipinski definition) is 0. The van der Waals surface area contributed by atoms with Crippen LogP contribution in [0.15, 0.2) is 54.6 Å². The van der Waals surface area contributed by atoms with E-state index in [4.69, 9.17) is 14.2 Å². The molecule has 3 aromatic rings. The molecule has 0 saturated carbocycles. The number of hydrogen-bond acceptors (Lipinski definition) is 4. The van der Waals surface area contributed by atoms with Gasteiger partial charge < -0.3 is 14.2 Å². The first-order valence-electron chi connectivity index (χ1n) is 10.0. The van der Waals surface area contributed by atoms with Crippen LogP contribution in [0.1, 0.15) is 16.7 Å². The molecule has 0 spiro atoms.